The van der Waals surface area contributed by atoms with Crippen LogP contribution in [0.3, 0.4) is 0 Å². The Morgan fingerprint density at radius 3 is 2.53 bits per heavy atom. The van der Waals surface area contributed by atoms with Crippen molar-refractivity contribution < 1.29 is 5.11 Å². The predicted octanol–water partition coefficient (Wildman–Crippen LogP) is 0.763. The van der Waals surface area contributed by atoms with Crippen LogP contribution in [0.25, 0.3) is 0 Å². The van der Waals surface area contributed by atoms with Crippen LogP contribution >= 0.6 is 0 Å². The average molecular weight is 269 g/mol. The largest absolute Gasteiger partial charge is 0.389 e. The molecule has 1 saturated heterocycles. The SMILES string of the molecule is CNCC1(O)CCC(N(C)CC2CCN(C)C2)CC1. The van der Waals surface area contributed by atoms with Crippen molar-refractivity contribution in [3.05, 3.63) is 0 Å². The Labute approximate surface area is 118 Å². The van der Waals surface area contributed by atoms with E-state index in [4.69, 9.17) is 0 Å². The van der Waals surface area contributed by atoms with Crippen molar-refractivity contribution in [1.82, 2.24) is 15.1 Å². The minimum absolute atomic E-state index is 0.459. The molecular formula is C15H31N3O. The van der Waals surface area contributed by atoms with Gasteiger partial charge >= 0.3 is 0 Å². The van der Waals surface area contributed by atoms with E-state index in [-0.39, 0.29) is 0 Å². The molecule has 0 amide bonds. The van der Waals surface area contributed by atoms with Crippen molar-refractivity contribution in [2.75, 3.05) is 47.3 Å². The zero-order valence-corrected chi connectivity index (χ0v) is 12.9. The van der Waals surface area contributed by atoms with Gasteiger partial charge in [0.1, 0.15) is 0 Å². The molecule has 0 aromatic heterocycles. The molecule has 2 fully saturated rings. The molecule has 2 aliphatic rings. The maximum Gasteiger partial charge on any atom is 0.0772 e. The fourth-order valence-electron chi connectivity index (χ4n) is 3.82. The van der Waals surface area contributed by atoms with Gasteiger partial charge in [-0.15, -0.1) is 0 Å². The van der Waals surface area contributed by atoms with Crippen LogP contribution in [0.4, 0.5) is 0 Å². The van der Waals surface area contributed by atoms with Crippen molar-refractivity contribution in [2.24, 2.45) is 5.92 Å². The normalized spacial score (nSPS) is 37.1. The van der Waals surface area contributed by atoms with E-state index in [0.717, 1.165) is 38.1 Å². The molecule has 0 spiro atoms. The second-order valence-electron chi connectivity index (χ2n) is 6.84. The summed E-state index contributed by atoms with van der Waals surface area (Å²) in [7, 11) is 6.41. The minimum atomic E-state index is -0.459. The molecule has 1 saturated carbocycles. The molecule has 2 N–H and O–H groups in total. The van der Waals surface area contributed by atoms with Gasteiger partial charge in [-0.2, -0.15) is 0 Å². The zero-order valence-electron chi connectivity index (χ0n) is 12.9. The summed E-state index contributed by atoms with van der Waals surface area (Å²) in [6, 6.07) is 0.669. The van der Waals surface area contributed by atoms with Crippen molar-refractivity contribution in [2.45, 2.75) is 43.7 Å². The Kier molecular flexibility index (Phi) is 5.23. The van der Waals surface area contributed by atoms with Gasteiger partial charge in [0, 0.05) is 25.7 Å². The summed E-state index contributed by atoms with van der Waals surface area (Å²) in [5, 5.41) is 13.5. The van der Waals surface area contributed by atoms with Crippen LogP contribution in [-0.4, -0.2) is 73.9 Å². The summed E-state index contributed by atoms with van der Waals surface area (Å²) in [5.41, 5.74) is -0.459. The van der Waals surface area contributed by atoms with Gasteiger partial charge in [-0.25, -0.2) is 0 Å². The number of nitrogens with zero attached hydrogens (tertiary/aromatic N) is 2. The zero-order chi connectivity index (χ0) is 13.9. The molecule has 19 heavy (non-hydrogen) atoms. The Hall–Kier alpha value is -0.160. The van der Waals surface area contributed by atoms with Gasteiger partial charge in [-0.1, -0.05) is 0 Å². The number of aliphatic hydroxyl groups is 1. The number of hydrogen-bond donors (Lipinski definition) is 2. The highest BCUT2D eigenvalue weighted by molar-refractivity contribution is 4.90. The molecule has 0 bridgehead atoms. The highest BCUT2D eigenvalue weighted by atomic mass is 16.3. The first-order chi connectivity index (χ1) is 9.02. The average Bonchev–Trinajstić information content (AvgIpc) is 2.75. The first-order valence-corrected chi connectivity index (χ1v) is 7.78. The second kappa shape index (κ2) is 6.53. The van der Waals surface area contributed by atoms with Crippen LogP contribution in [0.5, 0.6) is 0 Å². The summed E-state index contributed by atoms with van der Waals surface area (Å²) in [5.74, 6) is 0.841. The van der Waals surface area contributed by atoms with Crippen LogP contribution in [0.2, 0.25) is 0 Å². The molecule has 112 valence electrons. The molecule has 1 heterocycles. The molecule has 2 rings (SSSR count). The van der Waals surface area contributed by atoms with E-state index < -0.39 is 5.60 Å². The Bertz CT molecular complexity index is 277. The maximum atomic E-state index is 10.4. The molecule has 1 unspecified atom stereocenters. The van der Waals surface area contributed by atoms with Gasteiger partial charge in [0.05, 0.1) is 5.60 Å². The molecule has 4 heteroatoms. The summed E-state index contributed by atoms with van der Waals surface area (Å²) in [6.07, 6.45) is 5.49. The van der Waals surface area contributed by atoms with Gasteiger partial charge in [-0.3, -0.25) is 0 Å². The van der Waals surface area contributed by atoms with Gasteiger partial charge in [0.25, 0.3) is 0 Å². The fraction of sp³-hybridized carbons (Fsp3) is 1.00. The summed E-state index contributed by atoms with van der Waals surface area (Å²) < 4.78 is 0. The van der Waals surface area contributed by atoms with E-state index in [1.54, 1.807) is 0 Å². The first kappa shape index (κ1) is 15.2. The molecule has 1 atom stereocenters. The van der Waals surface area contributed by atoms with Crippen molar-refractivity contribution in [3.8, 4) is 0 Å². The quantitative estimate of drug-likeness (QED) is 0.773. The fourth-order valence-corrected chi connectivity index (χ4v) is 3.82. The lowest BCUT2D eigenvalue weighted by atomic mass is 9.81. The van der Waals surface area contributed by atoms with E-state index in [0.29, 0.717) is 6.04 Å². The number of rotatable bonds is 5. The van der Waals surface area contributed by atoms with Crippen LogP contribution in [0.1, 0.15) is 32.1 Å². The smallest absolute Gasteiger partial charge is 0.0772 e. The van der Waals surface area contributed by atoms with E-state index in [2.05, 4.69) is 29.2 Å². The van der Waals surface area contributed by atoms with Crippen LogP contribution < -0.4 is 5.32 Å². The topological polar surface area (TPSA) is 38.7 Å². The van der Waals surface area contributed by atoms with Crippen molar-refractivity contribution in [1.29, 1.82) is 0 Å². The minimum Gasteiger partial charge on any atom is -0.389 e. The number of likely N-dealkylation sites (tertiary alicyclic amines) is 1. The standard InChI is InChI=1S/C15H31N3O/c1-16-12-15(19)7-4-14(5-8-15)18(3)11-13-6-9-17(2)10-13/h13-14,16,19H,4-12H2,1-3H3. The summed E-state index contributed by atoms with van der Waals surface area (Å²) >= 11 is 0. The third-order valence-electron chi connectivity index (χ3n) is 5.05. The van der Waals surface area contributed by atoms with E-state index in [9.17, 15) is 5.11 Å². The predicted molar refractivity (Wildman–Crippen MR) is 79.4 cm³/mol. The van der Waals surface area contributed by atoms with Crippen LogP contribution in [0, 0.1) is 5.92 Å². The van der Waals surface area contributed by atoms with E-state index in [1.807, 2.05) is 7.05 Å². The molecule has 1 aliphatic heterocycles. The maximum absolute atomic E-state index is 10.4. The molecule has 0 radical (unpaired) electrons. The van der Waals surface area contributed by atoms with Gasteiger partial charge in [0.2, 0.25) is 0 Å². The monoisotopic (exact) mass is 269 g/mol. The molecule has 1 aliphatic carbocycles. The van der Waals surface area contributed by atoms with Crippen molar-refractivity contribution in [3.63, 3.8) is 0 Å². The van der Waals surface area contributed by atoms with Crippen LogP contribution in [0.15, 0.2) is 0 Å². The summed E-state index contributed by atoms with van der Waals surface area (Å²) in [4.78, 5) is 4.98. The third-order valence-corrected chi connectivity index (χ3v) is 5.05. The number of likely N-dealkylation sites (N-methyl/N-ethyl adjacent to an activating group) is 1. The third kappa shape index (κ3) is 4.15. The van der Waals surface area contributed by atoms with E-state index in [1.165, 1.54) is 26.1 Å². The number of hydrogen-bond acceptors (Lipinski definition) is 4. The van der Waals surface area contributed by atoms with Crippen molar-refractivity contribution >= 4 is 0 Å². The molecular weight excluding hydrogens is 238 g/mol. The highest BCUT2D eigenvalue weighted by Crippen LogP contribution is 2.30. The Balaban J connectivity index is 1.74. The first-order valence-electron chi connectivity index (χ1n) is 7.78. The van der Waals surface area contributed by atoms with Crippen LogP contribution in [-0.2, 0) is 0 Å². The lowest BCUT2D eigenvalue weighted by Gasteiger charge is -2.40. The molecule has 0 aromatic carbocycles. The van der Waals surface area contributed by atoms with Gasteiger partial charge < -0.3 is 20.2 Å². The van der Waals surface area contributed by atoms with Gasteiger partial charge in [0.15, 0.2) is 0 Å². The molecule has 4 nitrogen and oxygen atoms in total. The number of nitrogens with one attached hydrogen (secondary N) is 1. The van der Waals surface area contributed by atoms with E-state index >= 15 is 0 Å². The lowest BCUT2D eigenvalue weighted by Crippen LogP contribution is -2.47. The Morgan fingerprint density at radius 2 is 2.00 bits per heavy atom. The van der Waals surface area contributed by atoms with Gasteiger partial charge in [-0.05, 0) is 65.7 Å². The Morgan fingerprint density at radius 1 is 1.32 bits per heavy atom. The highest BCUT2D eigenvalue weighted by Gasteiger charge is 2.34. The lowest BCUT2D eigenvalue weighted by molar-refractivity contribution is -0.0160. The molecule has 0 aromatic rings. The second-order valence-corrected chi connectivity index (χ2v) is 6.84. The summed E-state index contributed by atoms with van der Waals surface area (Å²) in [6.45, 7) is 4.46.